The Labute approximate surface area is 191 Å². The Balaban J connectivity index is 1.21. The molecule has 1 aromatic carbocycles. The molecular weight excluding hydrogens is 424 g/mol. The molecule has 2 aromatic heterocycles. The van der Waals surface area contributed by atoms with Crippen LogP contribution < -0.4 is 10.1 Å². The highest BCUT2D eigenvalue weighted by Crippen LogP contribution is 2.48. The van der Waals surface area contributed by atoms with Crippen molar-refractivity contribution in [2.45, 2.75) is 32.4 Å². The van der Waals surface area contributed by atoms with E-state index in [4.69, 9.17) is 16.3 Å². The fraction of sp³-hybridized carbons (Fsp3) is 0.320. The normalized spacial score (nSPS) is 18.9. The molecule has 1 aliphatic carbocycles. The molecule has 3 aromatic rings. The number of nitrogens with zero attached hydrogens (tertiary/aromatic N) is 3. The summed E-state index contributed by atoms with van der Waals surface area (Å²) in [4.78, 5) is 23.8. The number of aryl methyl sites for hydroxylation is 1. The van der Waals surface area contributed by atoms with Crippen molar-refractivity contribution in [2.75, 3.05) is 13.1 Å². The van der Waals surface area contributed by atoms with Gasteiger partial charge in [-0.1, -0.05) is 17.7 Å². The van der Waals surface area contributed by atoms with E-state index in [1.807, 2.05) is 25.1 Å². The van der Waals surface area contributed by atoms with Crippen LogP contribution in [0, 0.1) is 12.3 Å². The molecule has 1 saturated heterocycles. The number of benzene rings is 1. The van der Waals surface area contributed by atoms with Crippen LogP contribution in [-0.4, -0.2) is 39.9 Å². The predicted molar refractivity (Wildman–Crippen MR) is 122 cm³/mol. The maximum absolute atomic E-state index is 13.0. The van der Waals surface area contributed by atoms with E-state index in [1.54, 1.807) is 24.5 Å². The molecule has 2 fully saturated rings. The SMILES string of the molecule is Cc1ncc(Oc2ccnc(-c3ccc4c(c3)CN(C3CC5(CNC5)C3)C4=O)c2)cc1Cl. The lowest BCUT2D eigenvalue weighted by atomic mass is 9.61. The number of fused-ring (bicyclic) bond motifs is 1. The summed E-state index contributed by atoms with van der Waals surface area (Å²) >= 11 is 6.16. The number of carbonyl (C=O) groups is 1. The van der Waals surface area contributed by atoms with Crippen LogP contribution in [0.25, 0.3) is 11.3 Å². The molecule has 0 radical (unpaired) electrons. The van der Waals surface area contributed by atoms with Crippen LogP contribution in [-0.2, 0) is 6.54 Å². The number of rotatable bonds is 4. The molecule has 0 unspecified atom stereocenters. The zero-order chi connectivity index (χ0) is 21.9. The smallest absolute Gasteiger partial charge is 0.254 e. The minimum Gasteiger partial charge on any atom is -0.456 e. The minimum atomic E-state index is 0.160. The number of aromatic nitrogens is 2. The van der Waals surface area contributed by atoms with E-state index in [9.17, 15) is 4.79 Å². The van der Waals surface area contributed by atoms with Gasteiger partial charge in [-0.05, 0) is 48.9 Å². The molecule has 1 saturated carbocycles. The molecule has 4 heterocycles. The summed E-state index contributed by atoms with van der Waals surface area (Å²) in [6, 6.07) is 11.8. The van der Waals surface area contributed by atoms with Crippen molar-refractivity contribution in [3.05, 3.63) is 70.6 Å². The van der Waals surface area contributed by atoms with Gasteiger partial charge in [0.1, 0.15) is 11.5 Å². The van der Waals surface area contributed by atoms with Crippen LogP contribution in [0.5, 0.6) is 11.5 Å². The third-order valence-corrected chi connectivity index (χ3v) is 7.36. The number of hydrogen-bond acceptors (Lipinski definition) is 5. The van der Waals surface area contributed by atoms with Crippen LogP contribution in [0.3, 0.4) is 0 Å². The van der Waals surface area contributed by atoms with Gasteiger partial charge in [0.15, 0.2) is 0 Å². The summed E-state index contributed by atoms with van der Waals surface area (Å²) in [7, 11) is 0. The van der Waals surface area contributed by atoms with Gasteiger partial charge in [0.25, 0.3) is 5.91 Å². The number of carbonyl (C=O) groups excluding carboxylic acids is 1. The van der Waals surface area contributed by atoms with Gasteiger partial charge < -0.3 is 15.0 Å². The van der Waals surface area contributed by atoms with Gasteiger partial charge in [0, 0.05) is 55.1 Å². The number of halogens is 1. The molecule has 6 nitrogen and oxygen atoms in total. The molecule has 1 spiro atoms. The molecular formula is C25H23ClN4O2. The predicted octanol–water partition coefficient (Wildman–Crippen LogP) is 4.61. The lowest BCUT2D eigenvalue weighted by Gasteiger charge is -2.56. The first-order chi connectivity index (χ1) is 15.5. The van der Waals surface area contributed by atoms with Crippen molar-refractivity contribution in [3.63, 3.8) is 0 Å². The Hall–Kier alpha value is -2.96. The Morgan fingerprint density at radius 1 is 1.12 bits per heavy atom. The van der Waals surface area contributed by atoms with E-state index in [1.165, 1.54) is 0 Å². The quantitative estimate of drug-likeness (QED) is 0.634. The molecule has 162 valence electrons. The average molecular weight is 447 g/mol. The molecule has 1 amide bonds. The largest absolute Gasteiger partial charge is 0.456 e. The topological polar surface area (TPSA) is 67.4 Å². The number of pyridine rings is 2. The van der Waals surface area contributed by atoms with E-state index in [0.717, 1.165) is 54.0 Å². The highest BCUT2D eigenvalue weighted by Gasteiger charge is 2.52. The van der Waals surface area contributed by atoms with Crippen molar-refractivity contribution in [1.82, 2.24) is 20.2 Å². The first-order valence-corrected chi connectivity index (χ1v) is 11.3. The van der Waals surface area contributed by atoms with Gasteiger partial charge in [0.2, 0.25) is 0 Å². The fourth-order valence-corrected chi connectivity index (χ4v) is 5.19. The molecule has 7 heteroatoms. The van der Waals surface area contributed by atoms with E-state index < -0.39 is 0 Å². The minimum absolute atomic E-state index is 0.160. The Bertz CT molecular complexity index is 1230. The number of nitrogens with one attached hydrogen (secondary N) is 1. The van der Waals surface area contributed by atoms with Crippen LogP contribution in [0.2, 0.25) is 5.02 Å². The maximum Gasteiger partial charge on any atom is 0.254 e. The zero-order valence-electron chi connectivity index (χ0n) is 17.8. The maximum atomic E-state index is 13.0. The molecule has 6 rings (SSSR count). The Kier molecular flexibility index (Phi) is 4.49. The van der Waals surface area contributed by atoms with Crippen molar-refractivity contribution in [1.29, 1.82) is 0 Å². The summed E-state index contributed by atoms with van der Waals surface area (Å²) in [5, 5.41) is 3.93. The third kappa shape index (κ3) is 3.26. The highest BCUT2D eigenvalue weighted by molar-refractivity contribution is 6.31. The lowest BCUT2D eigenvalue weighted by Crippen LogP contribution is -2.65. The molecule has 32 heavy (non-hydrogen) atoms. The van der Waals surface area contributed by atoms with Crippen molar-refractivity contribution < 1.29 is 9.53 Å². The summed E-state index contributed by atoms with van der Waals surface area (Å²) in [5.41, 5.74) is 4.87. The second-order valence-corrected chi connectivity index (χ2v) is 9.59. The van der Waals surface area contributed by atoms with Crippen LogP contribution in [0.1, 0.15) is 34.5 Å². The molecule has 0 bridgehead atoms. The van der Waals surface area contributed by atoms with Gasteiger partial charge in [-0.3, -0.25) is 14.8 Å². The number of amides is 1. The number of hydrogen-bond donors (Lipinski definition) is 1. The highest BCUT2D eigenvalue weighted by atomic mass is 35.5. The van der Waals surface area contributed by atoms with Gasteiger partial charge in [0.05, 0.1) is 22.6 Å². The third-order valence-electron chi connectivity index (χ3n) is 6.98. The second kappa shape index (κ2) is 7.29. The zero-order valence-corrected chi connectivity index (χ0v) is 18.5. The van der Waals surface area contributed by atoms with E-state index in [2.05, 4.69) is 26.3 Å². The summed E-state index contributed by atoms with van der Waals surface area (Å²) in [6.07, 6.45) is 5.61. The number of ether oxygens (including phenoxy) is 1. The second-order valence-electron chi connectivity index (χ2n) is 9.19. The van der Waals surface area contributed by atoms with Gasteiger partial charge in [-0.15, -0.1) is 0 Å². The summed E-state index contributed by atoms with van der Waals surface area (Å²) in [5.74, 6) is 1.39. The molecule has 3 aliphatic rings. The van der Waals surface area contributed by atoms with Gasteiger partial charge in [-0.2, -0.15) is 0 Å². The Morgan fingerprint density at radius 3 is 2.72 bits per heavy atom. The van der Waals surface area contributed by atoms with Crippen molar-refractivity contribution in [2.24, 2.45) is 5.41 Å². The van der Waals surface area contributed by atoms with Gasteiger partial charge in [-0.25, -0.2) is 0 Å². The molecule has 0 atom stereocenters. The first kappa shape index (κ1) is 19.7. The van der Waals surface area contributed by atoms with Crippen molar-refractivity contribution in [3.8, 4) is 22.8 Å². The summed E-state index contributed by atoms with van der Waals surface area (Å²) in [6.45, 7) is 4.72. The molecule has 2 aliphatic heterocycles. The van der Waals surface area contributed by atoms with Crippen LogP contribution >= 0.6 is 11.6 Å². The lowest BCUT2D eigenvalue weighted by molar-refractivity contribution is -0.0268. The van der Waals surface area contributed by atoms with E-state index in [-0.39, 0.29) is 5.91 Å². The van der Waals surface area contributed by atoms with Gasteiger partial charge >= 0.3 is 0 Å². The fourth-order valence-electron chi connectivity index (χ4n) is 5.04. The van der Waals surface area contributed by atoms with Crippen LogP contribution in [0.15, 0.2) is 48.8 Å². The van der Waals surface area contributed by atoms with Crippen molar-refractivity contribution >= 4 is 17.5 Å². The van der Waals surface area contributed by atoms with E-state index >= 15 is 0 Å². The standard InChI is InChI=1S/C25H23ClN4O2/c1-15-22(26)7-20(11-29-15)32-19-4-5-28-23(8-19)16-2-3-21-17(6-16)12-30(24(21)31)18-9-25(10-18)13-27-14-25/h2-8,11,18,27H,9-10,12-14H2,1H3. The molecule has 1 N–H and O–H groups in total. The van der Waals surface area contributed by atoms with E-state index in [0.29, 0.717) is 34.5 Å². The van der Waals surface area contributed by atoms with Crippen LogP contribution in [0.4, 0.5) is 0 Å². The average Bonchev–Trinajstić information content (AvgIpc) is 3.05. The Morgan fingerprint density at radius 2 is 1.97 bits per heavy atom. The summed E-state index contributed by atoms with van der Waals surface area (Å²) < 4.78 is 5.94. The monoisotopic (exact) mass is 446 g/mol. The first-order valence-electron chi connectivity index (χ1n) is 10.9.